The van der Waals surface area contributed by atoms with Gasteiger partial charge in [-0.15, -0.1) is 23.8 Å². The SMILES string of the molecule is [2H]C([2H])([2H])c1cc(-n2c(-c3cc(C(C([2H])([2H])[2H])(C([2H])([2H])[2H])C([2H])([2H])[2H])cc(C(C([2H])([2H])[2H])(C([2H])([2H])[2H])C([2H])([2H])[2H])c3O)nc3c(-c4[c-]c(-c5cc(-c6ccc(C(C([2H])([2H])[2H])(C([2H])([2H])[2H])C([2H])([2H])[2H])cc6)ccn5)cc(-c5ccccc5)c4)cccc32)ccc1-c1ccccc1.[Pt]. The van der Waals surface area contributed by atoms with Crippen molar-refractivity contribution in [2.45, 2.75) is 84.8 Å². The first kappa shape index (κ1) is 22.0. The molecule has 4 nitrogen and oxygen atoms in total. The van der Waals surface area contributed by atoms with Gasteiger partial charge in [-0.3, -0.25) is 9.55 Å². The van der Waals surface area contributed by atoms with Crippen LogP contribution in [-0.4, -0.2) is 19.6 Å². The van der Waals surface area contributed by atoms with E-state index in [0.29, 0.717) is 33.9 Å². The fourth-order valence-electron chi connectivity index (χ4n) is 7.93. The number of hydrogen-bond donors (Lipinski definition) is 1. The smallest absolute Gasteiger partial charge is 0.148 e. The summed E-state index contributed by atoms with van der Waals surface area (Å²) < 4.78 is 259. The number of pyridine rings is 1. The third-order valence-electron chi connectivity index (χ3n) is 11.2. The van der Waals surface area contributed by atoms with Crippen molar-refractivity contribution in [3.05, 3.63) is 192 Å². The van der Waals surface area contributed by atoms with Gasteiger partial charge >= 0.3 is 0 Å². The molecule has 66 heavy (non-hydrogen) atoms. The van der Waals surface area contributed by atoms with Gasteiger partial charge in [0.2, 0.25) is 0 Å². The van der Waals surface area contributed by atoms with Crippen molar-refractivity contribution in [1.82, 2.24) is 14.5 Å². The summed E-state index contributed by atoms with van der Waals surface area (Å²) in [5.41, 5.74) is -13.4. The van der Waals surface area contributed by atoms with Crippen LogP contribution in [0.4, 0.5) is 0 Å². The van der Waals surface area contributed by atoms with Crippen LogP contribution in [0.2, 0.25) is 0 Å². The number of phenols is 1. The molecule has 5 heteroatoms. The first-order valence-corrected chi connectivity index (χ1v) is 20.2. The summed E-state index contributed by atoms with van der Waals surface area (Å²) in [6.07, 6.45) is 1.43. The number of para-hydroxylation sites is 1. The fraction of sp³-hybridized carbons (Fsp3) is 0.213. The number of fused-ring (bicyclic) bond motifs is 1. The Morgan fingerprint density at radius 3 is 1.89 bits per heavy atom. The largest absolute Gasteiger partial charge is 0.507 e. The molecule has 7 aromatic carbocycles. The number of imidazole rings is 1. The molecule has 0 spiro atoms. The van der Waals surface area contributed by atoms with E-state index in [0.717, 1.165) is 12.1 Å². The van der Waals surface area contributed by atoms with E-state index in [1.807, 2.05) is 0 Å². The number of aromatic nitrogens is 3. The minimum atomic E-state index is -4.29. The van der Waals surface area contributed by atoms with E-state index in [1.165, 1.54) is 53.2 Å². The molecule has 0 aliphatic rings. The van der Waals surface area contributed by atoms with Crippen molar-refractivity contribution >= 4 is 11.0 Å². The number of aryl methyl sites for hydroxylation is 1. The van der Waals surface area contributed by atoms with Gasteiger partial charge in [0.25, 0.3) is 0 Å². The molecule has 1 N–H and O–H groups in total. The van der Waals surface area contributed by atoms with Crippen LogP contribution in [0, 0.1) is 12.9 Å². The summed E-state index contributed by atoms with van der Waals surface area (Å²) in [5, 5.41) is 13.0. The minimum absolute atomic E-state index is 0. The quantitative estimate of drug-likeness (QED) is 0.162. The third-order valence-corrected chi connectivity index (χ3v) is 11.2. The predicted octanol–water partition coefficient (Wildman–Crippen LogP) is 16.1. The fourth-order valence-corrected chi connectivity index (χ4v) is 7.93. The van der Waals surface area contributed by atoms with E-state index < -0.39 is 119 Å². The van der Waals surface area contributed by atoms with Gasteiger partial charge in [-0.2, -0.15) is 0 Å². The molecule has 2 heterocycles. The maximum absolute atomic E-state index is 13.0. The Labute approximate surface area is 447 Å². The Bertz CT molecular complexity index is 4230. The Hall–Kier alpha value is -6.35. The van der Waals surface area contributed by atoms with Crippen LogP contribution in [0.1, 0.15) is 125 Å². The van der Waals surface area contributed by atoms with Gasteiger partial charge in [0.05, 0.1) is 16.6 Å². The summed E-state index contributed by atoms with van der Waals surface area (Å²) in [6.45, 7) is -38.8. The Kier molecular flexibility index (Phi) is 5.92. The molecule has 0 fully saturated rings. The average Bonchev–Trinajstić information content (AvgIpc) is 0.862. The molecular formula is C61H58N3OPt-. The van der Waals surface area contributed by atoms with Gasteiger partial charge in [-0.1, -0.05) is 194 Å². The number of benzene rings is 7. The molecule has 0 bridgehead atoms. The maximum atomic E-state index is 13.0. The van der Waals surface area contributed by atoms with Crippen molar-refractivity contribution in [2.75, 3.05) is 0 Å². The van der Waals surface area contributed by atoms with Gasteiger partial charge in [0.15, 0.2) is 0 Å². The van der Waals surface area contributed by atoms with Crippen LogP contribution in [0.3, 0.4) is 0 Å². The van der Waals surface area contributed by atoms with Gasteiger partial charge in [0.1, 0.15) is 11.6 Å². The zero-order valence-electron chi connectivity index (χ0n) is 64.7. The van der Waals surface area contributed by atoms with E-state index in [4.69, 9.17) is 46.1 Å². The van der Waals surface area contributed by atoms with Crippen molar-refractivity contribution in [1.29, 1.82) is 0 Å². The maximum Gasteiger partial charge on any atom is 0.148 e. The van der Waals surface area contributed by atoms with E-state index in [2.05, 4.69) is 11.1 Å². The van der Waals surface area contributed by atoms with Crippen LogP contribution < -0.4 is 0 Å². The topological polar surface area (TPSA) is 50.9 Å². The van der Waals surface area contributed by atoms with Crippen LogP contribution in [0.15, 0.2) is 164 Å². The van der Waals surface area contributed by atoms with Crippen molar-refractivity contribution in [2.24, 2.45) is 0 Å². The molecule has 0 unspecified atom stereocenters. The van der Waals surface area contributed by atoms with Crippen LogP contribution in [-0.2, 0) is 37.3 Å². The van der Waals surface area contributed by atoms with Crippen molar-refractivity contribution in [3.8, 4) is 78.6 Å². The van der Waals surface area contributed by atoms with Crippen molar-refractivity contribution < 1.29 is 67.3 Å². The first-order chi connectivity index (χ1) is 43.4. The van der Waals surface area contributed by atoms with Gasteiger partial charge in [-0.05, 0) is 97.9 Å². The van der Waals surface area contributed by atoms with Crippen molar-refractivity contribution in [3.63, 3.8) is 0 Å². The Balaban J connectivity index is 0.0000118. The number of nitrogens with zero attached hydrogens (tertiary/aromatic N) is 3. The first-order valence-electron chi connectivity index (χ1n) is 35.2. The predicted molar refractivity (Wildman–Crippen MR) is 273 cm³/mol. The monoisotopic (exact) mass is 1070 g/mol. The number of hydrogen-bond acceptors (Lipinski definition) is 3. The second kappa shape index (κ2) is 17.8. The second-order valence-electron chi connectivity index (χ2n) is 15.8. The standard InChI is InChI=1S/C61H58N3O.Pt/c1-39-32-49(28-29-50(39)42-20-15-12-16-21-42)64-55-23-17-22-51(56(55)63-58(64)52-37-48(60(5,6)7)38-53(57(52)65)61(8,9)10)45-33-44(40-18-13-11-14-19-40)34-46(35-45)54-36-43(30-31-62-54)41-24-26-47(27-25-41)59(2,3)4;/h11-34,36-38,65H,1-10H3;/q-1;/i1D3,2D3,3D3,4D3,5D3,6D3,7D3,8D3,9D3,10D3;. The van der Waals surface area contributed by atoms with E-state index in [9.17, 15) is 5.11 Å². The summed E-state index contributed by atoms with van der Waals surface area (Å²) in [4.78, 5) is 9.65. The third kappa shape index (κ3) is 9.09. The van der Waals surface area contributed by atoms with Gasteiger partial charge in [-0.25, -0.2) is 4.98 Å². The van der Waals surface area contributed by atoms with Crippen LogP contribution >= 0.6 is 0 Å². The molecule has 2 aromatic heterocycles. The Morgan fingerprint density at radius 1 is 0.530 bits per heavy atom. The van der Waals surface area contributed by atoms with Crippen LogP contribution in [0.25, 0.3) is 83.9 Å². The zero-order valence-corrected chi connectivity index (χ0v) is 37.0. The summed E-state index contributed by atoms with van der Waals surface area (Å²) in [5.74, 6) is -2.24. The van der Waals surface area contributed by atoms with Gasteiger partial charge < -0.3 is 5.11 Å². The molecule has 0 saturated heterocycles. The molecule has 0 atom stereocenters. The molecular weight excluding hydrogens is 986 g/mol. The molecule has 0 aliphatic carbocycles. The Morgan fingerprint density at radius 2 is 1.20 bits per heavy atom. The number of aromatic hydroxyl groups is 1. The summed E-state index contributed by atoms with van der Waals surface area (Å²) in [6, 6.07) is 41.4. The molecule has 0 aliphatic heterocycles. The molecule has 9 rings (SSSR count). The normalized spacial score (nSPS) is 20.7. The van der Waals surface area contributed by atoms with E-state index >= 15 is 0 Å². The molecule has 9 aromatic rings. The minimum Gasteiger partial charge on any atom is -0.507 e. The second-order valence-corrected chi connectivity index (χ2v) is 15.8. The van der Waals surface area contributed by atoms with Gasteiger partial charge in [0, 0.05) is 85.3 Å². The summed E-state index contributed by atoms with van der Waals surface area (Å²) >= 11 is 0. The van der Waals surface area contributed by atoms with E-state index in [-0.39, 0.29) is 77.4 Å². The molecule has 0 amide bonds. The number of rotatable bonds is 7. The molecule has 0 saturated carbocycles. The molecule has 0 radical (unpaired) electrons. The molecule has 334 valence electrons. The van der Waals surface area contributed by atoms with Crippen LogP contribution in [0.5, 0.6) is 5.75 Å². The zero-order chi connectivity index (χ0) is 70.8. The number of phenolic OH excluding ortho intramolecular Hbond substituents is 1. The average molecular weight is 1070 g/mol. The summed E-state index contributed by atoms with van der Waals surface area (Å²) in [7, 11) is 0. The van der Waals surface area contributed by atoms with E-state index in [1.54, 1.807) is 91.0 Å².